The predicted molar refractivity (Wildman–Crippen MR) is 60.1 cm³/mol. The highest BCUT2D eigenvalue weighted by Gasteiger charge is 2.37. The highest BCUT2D eigenvalue weighted by molar-refractivity contribution is 8.01. The maximum Gasteiger partial charge on any atom is 0.0853 e. The van der Waals surface area contributed by atoms with E-state index < -0.39 is 0 Å². The van der Waals surface area contributed by atoms with Crippen molar-refractivity contribution >= 4 is 17.6 Å². The highest BCUT2D eigenvalue weighted by atomic mass is 32.2. The van der Waals surface area contributed by atoms with Gasteiger partial charge in [0, 0.05) is 4.75 Å². The highest BCUT2D eigenvalue weighted by Crippen LogP contribution is 2.50. The van der Waals surface area contributed by atoms with E-state index in [1.807, 2.05) is 24.3 Å². The van der Waals surface area contributed by atoms with Crippen molar-refractivity contribution in [3.05, 3.63) is 29.8 Å². The Morgan fingerprint density at radius 2 is 2.00 bits per heavy atom. The van der Waals surface area contributed by atoms with E-state index in [-0.39, 0.29) is 4.75 Å². The van der Waals surface area contributed by atoms with Gasteiger partial charge in [-0.05, 0) is 43.3 Å². The molecule has 2 rings (SSSR count). The fourth-order valence-corrected chi connectivity index (χ4v) is 2.69. The first-order valence-electron chi connectivity index (χ1n) is 4.76. The molecule has 0 bridgehead atoms. The van der Waals surface area contributed by atoms with Gasteiger partial charge in [-0.2, -0.15) is 4.53 Å². The summed E-state index contributed by atoms with van der Waals surface area (Å²) in [5, 5.41) is 0. The first-order valence-corrected chi connectivity index (χ1v) is 5.53. The zero-order valence-corrected chi connectivity index (χ0v) is 9.44. The lowest BCUT2D eigenvalue weighted by Crippen LogP contribution is -2.32. The smallest absolute Gasteiger partial charge is 0.0853 e. The molecule has 1 nitrogen and oxygen atoms in total. The molecule has 0 N–H and O–H groups in total. The number of anilines is 1. The standard InChI is InChI=1S/C11H14FNS/c1-8-9-6-4-5-7-10(9)13(12)14-11(8,2)3/h4-8H,1-3H3. The van der Waals surface area contributed by atoms with Gasteiger partial charge in [0.25, 0.3) is 0 Å². The van der Waals surface area contributed by atoms with Crippen LogP contribution in [0.1, 0.15) is 32.3 Å². The molecule has 1 aromatic rings. The maximum atomic E-state index is 13.6. The van der Waals surface area contributed by atoms with Gasteiger partial charge < -0.3 is 0 Å². The number of hydrogen-bond acceptors (Lipinski definition) is 2. The number of benzene rings is 1. The van der Waals surface area contributed by atoms with Gasteiger partial charge in [0.15, 0.2) is 0 Å². The van der Waals surface area contributed by atoms with E-state index in [1.54, 1.807) is 0 Å². The Hall–Kier alpha value is -0.700. The Balaban J connectivity index is 2.52. The summed E-state index contributed by atoms with van der Waals surface area (Å²) in [5.41, 5.74) is 1.79. The second-order valence-corrected chi connectivity index (χ2v) is 5.78. The van der Waals surface area contributed by atoms with Crippen LogP contribution >= 0.6 is 11.9 Å². The van der Waals surface area contributed by atoms with E-state index in [2.05, 4.69) is 20.8 Å². The summed E-state index contributed by atoms with van der Waals surface area (Å²) < 4.78 is 14.3. The molecule has 0 spiro atoms. The van der Waals surface area contributed by atoms with Gasteiger partial charge in [0.2, 0.25) is 0 Å². The average Bonchev–Trinajstić information content (AvgIpc) is 2.14. The van der Waals surface area contributed by atoms with Crippen molar-refractivity contribution in [3.8, 4) is 0 Å². The quantitative estimate of drug-likeness (QED) is 0.472. The lowest BCUT2D eigenvalue weighted by molar-refractivity contribution is 0.501. The van der Waals surface area contributed by atoms with Gasteiger partial charge in [-0.3, -0.25) is 0 Å². The summed E-state index contributed by atoms with van der Waals surface area (Å²) in [4.78, 5) is 0. The Kier molecular flexibility index (Phi) is 2.22. The summed E-state index contributed by atoms with van der Waals surface area (Å²) in [5.74, 6) is 0.371. The average molecular weight is 211 g/mol. The van der Waals surface area contributed by atoms with Crippen molar-refractivity contribution in [1.82, 2.24) is 0 Å². The minimum Gasteiger partial charge on any atom is -0.152 e. The summed E-state index contributed by atoms with van der Waals surface area (Å²) >= 11 is 1.26. The van der Waals surface area contributed by atoms with E-state index in [0.717, 1.165) is 10.1 Å². The fourth-order valence-electron chi connectivity index (χ4n) is 1.72. The van der Waals surface area contributed by atoms with Crippen molar-refractivity contribution in [3.63, 3.8) is 0 Å². The van der Waals surface area contributed by atoms with Crippen molar-refractivity contribution in [1.29, 1.82) is 0 Å². The Labute approximate surface area is 88.4 Å². The topological polar surface area (TPSA) is 3.24 Å². The van der Waals surface area contributed by atoms with Gasteiger partial charge in [-0.1, -0.05) is 29.6 Å². The van der Waals surface area contributed by atoms with E-state index in [1.165, 1.54) is 11.9 Å². The van der Waals surface area contributed by atoms with Crippen LogP contribution in [-0.2, 0) is 0 Å². The van der Waals surface area contributed by atoms with Gasteiger partial charge in [-0.25, -0.2) is 0 Å². The van der Waals surface area contributed by atoms with Gasteiger partial charge in [0.1, 0.15) is 0 Å². The number of nitrogens with zero attached hydrogens (tertiary/aromatic N) is 1. The molecule has 3 heteroatoms. The van der Waals surface area contributed by atoms with Crippen LogP contribution in [0.5, 0.6) is 0 Å². The molecule has 1 unspecified atom stereocenters. The van der Waals surface area contributed by atoms with Gasteiger partial charge >= 0.3 is 0 Å². The predicted octanol–water partition coefficient (Wildman–Crippen LogP) is 3.92. The number of hydrogen-bond donors (Lipinski definition) is 0. The molecule has 1 heterocycles. The third kappa shape index (κ3) is 1.40. The lowest BCUT2D eigenvalue weighted by atomic mass is 9.88. The molecule has 0 amide bonds. The summed E-state index contributed by atoms with van der Waals surface area (Å²) in [6, 6.07) is 7.67. The van der Waals surface area contributed by atoms with Crippen LogP contribution in [0.15, 0.2) is 24.3 Å². The second kappa shape index (κ2) is 3.16. The van der Waals surface area contributed by atoms with Crippen LogP contribution in [-0.4, -0.2) is 4.75 Å². The molecule has 0 saturated heterocycles. The van der Waals surface area contributed by atoms with Crippen molar-refractivity contribution in [2.45, 2.75) is 31.4 Å². The van der Waals surface area contributed by atoms with Crippen LogP contribution in [0.3, 0.4) is 0 Å². The second-order valence-electron chi connectivity index (χ2n) is 4.22. The van der Waals surface area contributed by atoms with E-state index in [0.29, 0.717) is 11.6 Å². The minimum atomic E-state index is -0.0803. The molecule has 1 aliphatic heterocycles. The Morgan fingerprint density at radius 3 is 2.71 bits per heavy atom. The van der Waals surface area contributed by atoms with Crippen LogP contribution in [0.2, 0.25) is 0 Å². The van der Waals surface area contributed by atoms with Crippen molar-refractivity contribution in [2.24, 2.45) is 0 Å². The van der Waals surface area contributed by atoms with Crippen molar-refractivity contribution < 1.29 is 4.48 Å². The fraction of sp³-hybridized carbons (Fsp3) is 0.455. The first kappa shape index (κ1) is 9.84. The van der Waals surface area contributed by atoms with Crippen LogP contribution in [0.4, 0.5) is 10.2 Å². The Morgan fingerprint density at radius 1 is 1.36 bits per heavy atom. The van der Waals surface area contributed by atoms with E-state index in [9.17, 15) is 4.48 Å². The largest absolute Gasteiger partial charge is 0.152 e. The molecule has 0 fully saturated rings. The molecule has 76 valence electrons. The molecule has 1 aliphatic rings. The van der Waals surface area contributed by atoms with Crippen LogP contribution in [0.25, 0.3) is 0 Å². The van der Waals surface area contributed by atoms with Crippen LogP contribution in [0, 0.1) is 0 Å². The zero-order chi connectivity index (χ0) is 10.3. The molecular formula is C11H14FNS. The summed E-state index contributed by atoms with van der Waals surface area (Å²) in [6.45, 7) is 6.30. The van der Waals surface area contributed by atoms with E-state index >= 15 is 0 Å². The van der Waals surface area contributed by atoms with Gasteiger partial charge in [0.05, 0.1) is 5.69 Å². The first-order chi connectivity index (χ1) is 6.52. The Bertz CT molecular complexity index is 351. The molecule has 0 radical (unpaired) electrons. The zero-order valence-electron chi connectivity index (χ0n) is 8.62. The number of fused-ring (bicyclic) bond motifs is 1. The summed E-state index contributed by atoms with van der Waals surface area (Å²) in [7, 11) is 0. The van der Waals surface area contributed by atoms with Gasteiger partial charge in [-0.15, -0.1) is 0 Å². The molecule has 1 aromatic carbocycles. The molecule has 0 saturated carbocycles. The molecule has 1 atom stereocenters. The molecule has 14 heavy (non-hydrogen) atoms. The number of halogens is 1. The summed E-state index contributed by atoms with van der Waals surface area (Å²) in [6.07, 6.45) is 0. The SMILES string of the molecule is CC1c2ccccc2N(F)SC1(C)C. The van der Waals surface area contributed by atoms with Crippen LogP contribution < -0.4 is 4.53 Å². The van der Waals surface area contributed by atoms with E-state index in [4.69, 9.17) is 0 Å². The lowest BCUT2D eigenvalue weighted by Gasteiger charge is -2.39. The monoisotopic (exact) mass is 211 g/mol. The molecule has 0 aromatic heterocycles. The molecular weight excluding hydrogens is 197 g/mol. The number of para-hydroxylation sites is 1. The maximum absolute atomic E-state index is 13.6. The third-order valence-electron chi connectivity index (χ3n) is 2.95. The minimum absolute atomic E-state index is 0.0803. The molecule has 0 aliphatic carbocycles. The van der Waals surface area contributed by atoms with Crippen molar-refractivity contribution in [2.75, 3.05) is 4.53 Å². The third-order valence-corrected chi connectivity index (χ3v) is 4.13. The number of rotatable bonds is 0. The normalized spacial score (nSPS) is 24.6.